The molecule has 1 atom stereocenters. The standard InChI is InChI=1S/C14H24N4O2S/c1-3-7-15-14-5-4-13(10-16-14)21(19,20)17-9-12-6-8-18(2)11-12/h4-5,10,12,17H,3,6-9,11H2,1-2H3,(H,15,16). The van der Waals surface area contributed by atoms with Crippen LogP contribution in [0.25, 0.3) is 0 Å². The Kier molecular flexibility index (Phi) is 5.55. The van der Waals surface area contributed by atoms with Crippen molar-refractivity contribution in [3.05, 3.63) is 18.3 Å². The largest absolute Gasteiger partial charge is 0.370 e. The first-order chi connectivity index (χ1) is 10.0. The summed E-state index contributed by atoms with van der Waals surface area (Å²) in [5.41, 5.74) is 0. The molecule has 1 aromatic heterocycles. The fourth-order valence-corrected chi connectivity index (χ4v) is 3.46. The molecule has 1 saturated heterocycles. The summed E-state index contributed by atoms with van der Waals surface area (Å²) >= 11 is 0. The predicted molar refractivity (Wildman–Crippen MR) is 83.8 cm³/mol. The third-order valence-electron chi connectivity index (χ3n) is 3.65. The van der Waals surface area contributed by atoms with E-state index in [4.69, 9.17) is 0 Å². The summed E-state index contributed by atoms with van der Waals surface area (Å²) in [6.07, 6.45) is 3.44. The lowest BCUT2D eigenvalue weighted by molar-refractivity contribution is 0.394. The molecule has 118 valence electrons. The van der Waals surface area contributed by atoms with Crippen LogP contribution in [0.4, 0.5) is 5.82 Å². The molecule has 0 spiro atoms. The molecule has 0 amide bonds. The first kappa shape index (κ1) is 16.2. The van der Waals surface area contributed by atoms with Gasteiger partial charge < -0.3 is 10.2 Å². The van der Waals surface area contributed by atoms with Crippen LogP contribution in [0, 0.1) is 5.92 Å². The fraction of sp³-hybridized carbons (Fsp3) is 0.643. The number of anilines is 1. The third kappa shape index (κ3) is 4.66. The van der Waals surface area contributed by atoms with Crippen molar-refractivity contribution in [3.63, 3.8) is 0 Å². The lowest BCUT2D eigenvalue weighted by Crippen LogP contribution is -2.30. The highest BCUT2D eigenvalue weighted by molar-refractivity contribution is 7.89. The van der Waals surface area contributed by atoms with E-state index in [1.54, 1.807) is 12.1 Å². The minimum absolute atomic E-state index is 0.218. The molecule has 2 N–H and O–H groups in total. The molecule has 0 saturated carbocycles. The van der Waals surface area contributed by atoms with Gasteiger partial charge in [0, 0.05) is 25.8 Å². The van der Waals surface area contributed by atoms with Crippen molar-refractivity contribution in [1.29, 1.82) is 0 Å². The molecule has 2 rings (SSSR count). The van der Waals surface area contributed by atoms with Crippen LogP contribution in [0.15, 0.2) is 23.2 Å². The molecule has 21 heavy (non-hydrogen) atoms. The van der Waals surface area contributed by atoms with Crippen LogP contribution in [0.1, 0.15) is 19.8 Å². The number of hydrogen-bond acceptors (Lipinski definition) is 5. The number of hydrogen-bond donors (Lipinski definition) is 2. The van der Waals surface area contributed by atoms with Gasteiger partial charge in [-0.25, -0.2) is 18.1 Å². The quantitative estimate of drug-likeness (QED) is 0.789. The van der Waals surface area contributed by atoms with Crippen molar-refractivity contribution in [2.24, 2.45) is 5.92 Å². The summed E-state index contributed by atoms with van der Waals surface area (Å²) in [6, 6.07) is 3.29. The topological polar surface area (TPSA) is 74.3 Å². The average Bonchev–Trinajstić information content (AvgIpc) is 2.89. The van der Waals surface area contributed by atoms with E-state index in [1.807, 2.05) is 0 Å². The van der Waals surface area contributed by atoms with Gasteiger partial charge in [0.2, 0.25) is 10.0 Å². The maximum absolute atomic E-state index is 12.2. The van der Waals surface area contributed by atoms with E-state index in [0.29, 0.717) is 18.3 Å². The summed E-state index contributed by atoms with van der Waals surface area (Å²) < 4.78 is 27.1. The zero-order valence-corrected chi connectivity index (χ0v) is 13.5. The normalized spacial score (nSPS) is 19.8. The van der Waals surface area contributed by atoms with Gasteiger partial charge in [-0.05, 0) is 44.5 Å². The maximum Gasteiger partial charge on any atom is 0.242 e. The predicted octanol–water partition coefficient (Wildman–Crippen LogP) is 1.13. The van der Waals surface area contributed by atoms with Gasteiger partial charge in [0.1, 0.15) is 10.7 Å². The van der Waals surface area contributed by atoms with Crippen LogP contribution < -0.4 is 10.0 Å². The molecule has 1 unspecified atom stereocenters. The van der Waals surface area contributed by atoms with Crippen molar-refractivity contribution in [1.82, 2.24) is 14.6 Å². The van der Waals surface area contributed by atoms with Crippen LogP contribution in [0.3, 0.4) is 0 Å². The monoisotopic (exact) mass is 312 g/mol. The molecule has 1 fully saturated rings. The molecule has 6 nitrogen and oxygen atoms in total. The highest BCUT2D eigenvalue weighted by Gasteiger charge is 2.22. The van der Waals surface area contributed by atoms with E-state index in [9.17, 15) is 8.42 Å². The minimum atomic E-state index is -3.46. The molecule has 2 heterocycles. The van der Waals surface area contributed by atoms with Crippen LogP contribution >= 0.6 is 0 Å². The Morgan fingerprint density at radius 3 is 2.81 bits per heavy atom. The number of nitrogens with zero attached hydrogens (tertiary/aromatic N) is 2. The van der Waals surface area contributed by atoms with Crippen molar-refractivity contribution < 1.29 is 8.42 Å². The van der Waals surface area contributed by atoms with Gasteiger partial charge in [0.05, 0.1) is 0 Å². The van der Waals surface area contributed by atoms with E-state index in [2.05, 4.69) is 33.9 Å². The van der Waals surface area contributed by atoms with Gasteiger partial charge in [-0.3, -0.25) is 0 Å². The second-order valence-corrected chi connectivity index (χ2v) is 7.34. The summed E-state index contributed by atoms with van der Waals surface area (Å²) in [7, 11) is -1.41. The van der Waals surface area contributed by atoms with E-state index >= 15 is 0 Å². The first-order valence-electron chi connectivity index (χ1n) is 7.39. The maximum atomic E-state index is 12.2. The Morgan fingerprint density at radius 2 is 2.24 bits per heavy atom. The van der Waals surface area contributed by atoms with Gasteiger partial charge >= 0.3 is 0 Å². The van der Waals surface area contributed by atoms with Crippen LogP contribution in [-0.2, 0) is 10.0 Å². The molecule has 0 radical (unpaired) electrons. The van der Waals surface area contributed by atoms with Crippen molar-refractivity contribution in [3.8, 4) is 0 Å². The third-order valence-corrected chi connectivity index (χ3v) is 5.06. The Labute approximate surface area is 127 Å². The lowest BCUT2D eigenvalue weighted by atomic mass is 10.1. The fourth-order valence-electron chi connectivity index (χ4n) is 2.40. The van der Waals surface area contributed by atoms with Gasteiger partial charge in [0.15, 0.2) is 0 Å². The number of pyridine rings is 1. The molecular weight excluding hydrogens is 288 g/mol. The zero-order chi connectivity index (χ0) is 15.3. The van der Waals surface area contributed by atoms with Crippen molar-refractivity contribution >= 4 is 15.8 Å². The number of rotatable bonds is 7. The Morgan fingerprint density at radius 1 is 1.43 bits per heavy atom. The number of likely N-dealkylation sites (tertiary alicyclic amines) is 1. The number of sulfonamides is 1. The Balaban J connectivity index is 1.92. The Hall–Kier alpha value is -1.18. The highest BCUT2D eigenvalue weighted by Crippen LogP contribution is 2.15. The summed E-state index contributed by atoms with van der Waals surface area (Å²) in [4.78, 5) is 6.57. The van der Waals surface area contributed by atoms with Gasteiger partial charge in [-0.1, -0.05) is 6.92 Å². The smallest absolute Gasteiger partial charge is 0.242 e. The molecule has 0 bridgehead atoms. The number of aromatic nitrogens is 1. The van der Waals surface area contributed by atoms with Crippen LogP contribution in [0.2, 0.25) is 0 Å². The van der Waals surface area contributed by atoms with Crippen LogP contribution in [-0.4, -0.2) is 51.5 Å². The van der Waals surface area contributed by atoms with E-state index in [0.717, 1.165) is 32.5 Å². The second-order valence-electron chi connectivity index (χ2n) is 5.57. The van der Waals surface area contributed by atoms with Gasteiger partial charge in [0.25, 0.3) is 0 Å². The van der Waals surface area contributed by atoms with Gasteiger partial charge in [-0.15, -0.1) is 0 Å². The highest BCUT2D eigenvalue weighted by atomic mass is 32.2. The van der Waals surface area contributed by atoms with Crippen molar-refractivity contribution in [2.45, 2.75) is 24.7 Å². The van der Waals surface area contributed by atoms with Gasteiger partial charge in [-0.2, -0.15) is 0 Å². The molecule has 1 aromatic rings. The summed E-state index contributed by atoms with van der Waals surface area (Å²) in [5.74, 6) is 1.09. The van der Waals surface area contributed by atoms with E-state index < -0.39 is 10.0 Å². The average molecular weight is 312 g/mol. The number of nitrogens with one attached hydrogen (secondary N) is 2. The van der Waals surface area contributed by atoms with Crippen molar-refractivity contribution in [2.75, 3.05) is 38.5 Å². The van der Waals surface area contributed by atoms with Crippen LogP contribution in [0.5, 0.6) is 0 Å². The summed E-state index contributed by atoms with van der Waals surface area (Å²) in [5, 5.41) is 3.12. The second kappa shape index (κ2) is 7.20. The first-order valence-corrected chi connectivity index (χ1v) is 8.87. The summed E-state index contributed by atoms with van der Waals surface area (Å²) in [6.45, 7) is 5.36. The zero-order valence-electron chi connectivity index (χ0n) is 12.7. The molecule has 0 aliphatic carbocycles. The molecular formula is C14H24N4O2S. The SMILES string of the molecule is CCCNc1ccc(S(=O)(=O)NCC2CCN(C)C2)cn1. The lowest BCUT2D eigenvalue weighted by Gasteiger charge is -2.12. The van der Waals surface area contributed by atoms with E-state index in [1.165, 1.54) is 6.20 Å². The minimum Gasteiger partial charge on any atom is -0.370 e. The molecule has 1 aliphatic rings. The molecule has 7 heteroatoms. The molecule has 1 aliphatic heterocycles. The Bertz CT molecular complexity index is 545. The van der Waals surface area contributed by atoms with E-state index in [-0.39, 0.29) is 4.90 Å². The molecule has 0 aromatic carbocycles.